The molecule has 19 heavy (non-hydrogen) atoms. The monoisotopic (exact) mass is 296 g/mol. The largest absolute Gasteiger partial charge is 1.00 e. The minimum atomic E-state index is -5.01. The molecule has 0 aliphatic rings. The van der Waals surface area contributed by atoms with Gasteiger partial charge >= 0.3 is 58.4 Å². The number of ether oxygens (including phenoxy) is 1. The molecule has 1 nitrogen and oxygen atoms in total. The van der Waals surface area contributed by atoms with E-state index < -0.39 is 19.1 Å². The fourth-order valence-electron chi connectivity index (χ4n) is 1.40. The third-order valence-electron chi connectivity index (χ3n) is 2.95. The third-order valence-corrected chi connectivity index (χ3v) is 2.95. The fraction of sp³-hybridized carbons (Fsp3) is 0.385. The summed E-state index contributed by atoms with van der Waals surface area (Å²) in [7, 11) is 0. The van der Waals surface area contributed by atoms with Gasteiger partial charge in [-0.05, 0) is 30.0 Å². The van der Waals surface area contributed by atoms with Crippen molar-refractivity contribution in [2.45, 2.75) is 26.2 Å². The standard InChI is InChI=1S/C13H17BF3O.K/c1-4-10(2)12-5-7-13(8-6-12)18-9-11(3)14(15,16)17;/h5-8,10H,3-4,9H2,1-2H3;/q-1;+1. The van der Waals surface area contributed by atoms with Gasteiger partial charge < -0.3 is 17.7 Å². The van der Waals surface area contributed by atoms with E-state index in [4.69, 9.17) is 4.74 Å². The zero-order valence-corrected chi connectivity index (χ0v) is 14.8. The topological polar surface area (TPSA) is 9.23 Å². The number of hydrogen-bond acceptors (Lipinski definition) is 1. The van der Waals surface area contributed by atoms with E-state index in [0.29, 0.717) is 11.7 Å². The van der Waals surface area contributed by atoms with Gasteiger partial charge in [-0.3, -0.25) is 0 Å². The first-order chi connectivity index (χ1) is 8.34. The van der Waals surface area contributed by atoms with Crippen molar-refractivity contribution >= 4 is 6.98 Å². The molecule has 0 N–H and O–H groups in total. The number of rotatable bonds is 6. The van der Waals surface area contributed by atoms with Crippen molar-refractivity contribution < 1.29 is 69.1 Å². The van der Waals surface area contributed by atoms with Crippen LogP contribution in [0.2, 0.25) is 0 Å². The second-order valence-electron chi connectivity index (χ2n) is 4.40. The molecular weight excluding hydrogens is 279 g/mol. The van der Waals surface area contributed by atoms with Crippen LogP contribution in [0.3, 0.4) is 0 Å². The summed E-state index contributed by atoms with van der Waals surface area (Å²) in [4.78, 5) is 0. The molecule has 0 bridgehead atoms. The molecule has 1 unspecified atom stereocenters. The van der Waals surface area contributed by atoms with Gasteiger partial charge in [0.25, 0.3) is 0 Å². The Hall–Kier alpha value is 0.251. The van der Waals surface area contributed by atoms with E-state index in [-0.39, 0.29) is 51.4 Å². The Bertz CT molecular complexity index is 403. The van der Waals surface area contributed by atoms with E-state index >= 15 is 0 Å². The Balaban J connectivity index is 0.00000324. The van der Waals surface area contributed by atoms with Crippen LogP contribution in [0.4, 0.5) is 12.9 Å². The van der Waals surface area contributed by atoms with Gasteiger partial charge in [-0.2, -0.15) is 0 Å². The average Bonchev–Trinajstić information content (AvgIpc) is 2.34. The maximum absolute atomic E-state index is 12.3. The third kappa shape index (κ3) is 6.49. The van der Waals surface area contributed by atoms with Crippen LogP contribution in [0.25, 0.3) is 0 Å². The molecule has 6 heteroatoms. The van der Waals surface area contributed by atoms with Crippen LogP contribution in [-0.4, -0.2) is 13.6 Å². The normalized spacial score (nSPS) is 12.5. The van der Waals surface area contributed by atoms with E-state index in [0.717, 1.165) is 12.0 Å². The molecule has 1 atom stereocenters. The average molecular weight is 296 g/mol. The van der Waals surface area contributed by atoms with Crippen molar-refractivity contribution in [2.75, 3.05) is 6.61 Å². The molecule has 0 saturated carbocycles. The predicted molar refractivity (Wildman–Crippen MR) is 68.9 cm³/mol. The molecule has 0 spiro atoms. The number of halogens is 3. The van der Waals surface area contributed by atoms with Crippen molar-refractivity contribution in [3.63, 3.8) is 0 Å². The van der Waals surface area contributed by atoms with Gasteiger partial charge in [-0.25, -0.2) is 0 Å². The summed E-state index contributed by atoms with van der Waals surface area (Å²) in [5, 5.41) is 0. The molecule has 0 fully saturated rings. The van der Waals surface area contributed by atoms with Gasteiger partial charge in [0.05, 0.1) is 6.61 Å². The van der Waals surface area contributed by atoms with Gasteiger partial charge in [-0.1, -0.05) is 26.0 Å². The zero-order chi connectivity index (χ0) is 13.8. The number of hydrogen-bond donors (Lipinski definition) is 0. The van der Waals surface area contributed by atoms with E-state index in [1.807, 2.05) is 12.1 Å². The fourth-order valence-corrected chi connectivity index (χ4v) is 1.40. The first kappa shape index (κ1) is 19.3. The molecule has 0 heterocycles. The first-order valence-electron chi connectivity index (χ1n) is 5.95. The van der Waals surface area contributed by atoms with Crippen LogP contribution in [0.5, 0.6) is 5.75 Å². The Morgan fingerprint density at radius 3 is 2.21 bits per heavy atom. The van der Waals surface area contributed by atoms with Crippen molar-refractivity contribution in [1.29, 1.82) is 0 Å². The predicted octanol–water partition coefficient (Wildman–Crippen LogP) is 1.53. The molecule has 0 aliphatic heterocycles. The van der Waals surface area contributed by atoms with Crippen LogP contribution in [-0.2, 0) is 0 Å². The molecule has 0 aromatic heterocycles. The molecule has 0 amide bonds. The van der Waals surface area contributed by atoms with Crippen molar-refractivity contribution in [1.82, 2.24) is 0 Å². The summed E-state index contributed by atoms with van der Waals surface area (Å²) >= 11 is 0. The summed E-state index contributed by atoms with van der Waals surface area (Å²) in [6.45, 7) is 1.65. The Morgan fingerprint density at radius 2 is 1.79 bits per heavy atom. The molecular formula is C13H17BF3KO. The summed E-state index contributed by atoms with van der Waals surface area (Å²) in [5.41, 5.74) is 0.338. The molecule has 0 radical (unpaired) electrons. The van der Waals surface area contributed by atoms with Gasteiger partial charge in [0.15, 0.2) is 0 Å². The van der Waals surface area contributed by atoms with Gasteiger partial charge in [0, 0.05) is 0 Å². The van der Waals surface area contributed by atoms with Crippen LogP contribution >= 0.6 is 0 Å². The Labute approximate surface area is 155 Å². The number of benzene rings is 1. The van der Waals surface area contributed by atoms with Crippen molar-refractivity contribution in [2.24, 2.45) is 0 Å². The zero-order valence-electron chi connectivity index (χ0n) is 11.6. The summed E-state index contributed by atoms with van der Waals surface area (Å²) in [6.07, 6.45) is 1.02. The van der Waals surface area contributed by atoms with E-state index in [2.05, 4.69) is 20.4 Å². The maximum Gasteiger partial charge on any atom is 1.00 e. The van der Waals surface area contributed by atoms with Crippen LogP contribution in [0.15, 0.2) is 36.3 Å². The second-order valence-corrected chi connectivity index (χ2v) is 4.40. The summed E-state index contributed by atoms with van der Waals surface area (Å²) < 4.78 is 41.8. The van der Waals surface area contributed by atoms with Crippen molar-refractivity contribution in [3.05, 3.63) is 41.9 Å². The molecule has 0 aliphatic carbocycles. The molecule has 1 rings (SSSR count). The second kappa shape index (κ2) is 8.52. The van der Waals surface area contributed by atoms with Gasteiger partial charge in [0.2, 0.25) is 0 Å². The van der Waals surface area contributed by atoms with E-state index in [1.54, 1.807) is 12.1 Å². The van der Waals surface area contributed by atoms with Crippen molar-refractivity contribution in [3.8, 4) is 5.75 Å². The van der Waals surface area contributed by atoms with Crippen LogP contribution in [0, 0.1) is 0 Å². The van der Waals surface area contributed by atoms with E-state index in [1.165, 1.54) is 0 Å². The Morgan fingerprint density at radius 1 is 1.26 bits per heavy atom. The quantitative estimate of drug-likeness (QED) is 0.723. The van der Waals surface area contributed by atoms with Gasteiger partial charge in [-0.15, -0.1) is 12.1 Å². The molecule has 0 saturated heterocycles. The van der Waals surface area contributed by atoms with E-state index in [9.17, 15) is 12.9 Å². The summed E-state index contributed by atoms with van der Waals surface area (Å²) in [5.74, 6) is 0.871. The Kier molecular flexibility index (Phi) is 8.63. The first-order valence-corrected chi connectivity index (χ1v) is 5.95. The van der Waals surface area contributed by atoms with Crippen LogP contribution in [0.1, 0.15) is 31.7 Å². The maximum atomic E-state index is 12.3. The molecule has 1 aromatic carbocycles. The minimum Gasteiger partial charge on any atom is -0.492 e. The smallest absolute Gasteiger partial charge is 0.492 e. The minimum absolute atomic E-state index is 0. The molecule has 100 valence electrons. The summed E-state index contributed by atoms with van der Waals surface area (Å²) in [6, 6.07) is 7.15. The van der Waals surface area contributed by atoms with Gasteiger partial charge in [0.1, 0.15) is 5.75 Å². The molecule has 1 aromatic rings. The van der Waals surface area contributed by atoms with Crippen LogP contribution < -0.4 is 56.1 Å². The SMILES string of the molecule is C=C(COc1ccc(C(C)CC)cc1)[B-](F)(F)F.[K+].